The third-order valence-corrected chi connectivity index (χ3v) is 0.522. The standard InChI is InChI=1S/C4H4O4.C2H2O4.2Nd/c5-3(6)1-2-4(7)8;3-1(4)2(5)6;;/h1-2H,(H,5,6)(H,7,8);(H,3,4)(H,5,6);;/q;;2*+3/p-4/b2-1-;;;. The summed E-state index contributed by atoms with van der Waals surface area (Å²) in [6.07, 6.45) is 0.769. The van der Waals surface area contributed by atoms with Crippen molar-refractivity contribution >= 4 is 23.9 Å². The molecule has 0 spiro atoms. The van der Waals surface area contributed by atoms with E-state index < -0.39 is 23.9 Å². The van der Waals surface area contributed by atoms with Gasteiger partial charge in [0.15, 0.2) is 0 Å². The van der Waals surface area contributed by atoms with Crippen molar-refractivity contribution in [3.05, 3.63) is 12.2 Å². The van der Waals surface area contributed by atoms with Crippen LogP contribution in [0.5, 0.6) is 0 Å². The number of carboxylic acids is 4. The molecule has 0 unspecified atom stereocenters. The van der Waals surface area contributed by atoms with Crippen LogP contribution in [0.1, 0.15) is 0 Å². The van der Waals surface area contributed by atoms with Crippen molar-refractivity contribution in [2.45, 2.75) is 0 Å². The SMILES string of the molecule is O=C([O-])/C=C\C(=O)[O-].O=C([O-])C(=O)[O-].[Nd+3].[Nd+3]. The Kier molecular flexibility index (Phi) is 24.2. The van der Waals surface area contributed by atoms with Gasteiger partial charge in [-0.05, 0) is 12.2 Å². The van der Waals surface area contributed by atoms with Crippen molar-refractivity contribution in [1.29, 1.82) is 0 Å². The first kappa shape index (κ1) is 25.2. The molecule has 0 aromatic rings. The van der Waals surface area contributed by atoms with E-state index in [1.54, 1.807) is 0 Å². The second kappa shape index (κ2) is 15.3. The number of carbonyl (C=O) groups excluding carboxylic acids is 4. The zero-order valence-corrected chi connectivity index (χ0v) is 13.8. The molecule has 0 saturated heterocycles. The molecule has 0 N–H and O–H groups in total. The predicted octanol–water partition coefficient (Wildman–Crippen LogP) is -6.47. The molecule has 0 aliphatic carbocycles. The smallest absolute Gasteiger partial charge is 0.545 e. The van der Waals surface area contributed by atoms with E-state index in [1.165, 1.54) is 0 Å². The molecular formula is C6H2Nd2O8+2. The van der Waals surface area contributed by atoms with Gasteiger partial charge < -0.3 is 39.6 Å². The Morgan fingerprint density at radius 1 is 0.625 bits per heavy atom. The first-order valence-electron chi connectivity index (χ1n) is 2.79. The van der Waals surface area contributed by atoms with Crippen LogP contribution in [0.2, 0.25) is 0 Å². The van der Waals surface area contributed by atoms with Gasteiger partial charge in [0, 0.05) is 0 Å². The third-order valence-electron chi connectivity index (χ3n) is 0.522. The number of hydrogen-bond donors (Lipinski definition) is 0. The van der Waals surface area contributed by atoms with Crippen molar-refractivity contribution in [1.82, 2.24) is 0 Å². The third kappa shape index (κ3) is 29.2. The fourth-order valence-corrected chi connectivity index (χ4v) is 0.136. The zero-order chi connectivity index (χ0) is 11.7. The summed E-state index contributed by atoms with van der Waals surface area (Å²) in [5.74, 6) is -7.46. The van der Waals surface area contributed by atoms with E-state index in [2.05, 4.69) is 0 Å². The number of carbonyl (C=O) groups is 4. The van der Waals surface area contributed by atoms with Gasteiger partial charge >= 0.3 is 81.7 Å². The quantitative estimate of drug-likeness (QED) is 0.273. The van der Waals surface area contributed by atoms with Crippen molar-refractivity contribution < 1.29 is 121 Å². The van der Waals surface area contributed by atoms with E-state index in [0.717, 1.165) is 0 Å². The summed E-state index contributed by atoms with van der Waals surface area (Å²) in [6, 6.07) is 0. The topological polar surface area (TPSA) is 161 Å². The molecule has 0 heterocycles. The van der Waals surface area contributed by atoms with Gasteiger partial charge in [-0.2, -0.15) is 0 Å². The molecule has 80 valence electrons. The van der Waals surface area contributed by atoms with Crippen LogP contribution in [-0.2, 0) is 19.2 Å². The molecule has 0 amide bonds. The normalized spacial score (nSPS) is 7.50. The first-order valence-corrected chi connectivity index (χ1v) is 2.79. The van der Waals surface area contributed by atoms with E-state index in [9.17, 15) is 19.8 Å². The molecule has 0 fully saturated rings. The summed E-state index contributed by atoms with van der Waals surface area (Å²) < 4.78 is 0. The van der Waals surface area contributed by atoms with Gasteiger partial charge in [0.2, 0.25) is 0 Å². The fraction of sp³-hybridized carbons (Fsp3) is 0. The molecular weight excluding hydrogens is 489 g/mol. The molecule has 0 aliphatic rings. The second-order valence-electron chi connectivity index (χ2n) is 1.55. The molecule has 16 heavy (non-hydrogen) atoms. The van der Waals surface area contributed by atoms with E-state index >= 15 is 0 Å². The zero-order valence-electron chi connectivity index (χ0n) is 7.42. The Morgan fingerprint density at radius 2 is 0.812 bits per heavy atom. The van der Waals surface area contributed by atoms with Gasteiger partial charge in [-0.1, -0.05) is 0 Å². The van der Waals surface area contributed by atoms with Gasteiger partial charge in [-0.3, -0.25) is 0 Å². The van der Waals surface area contributed by atoms with Crippen LogP contribution in [-0.4, -0.2) is 23.9 Å². The van der Waals surface area contributed by atoms with E-state index in [0.29, 0.717) is 12.2 Å². The van der Waals surface area contributed by atoms with E-state index in [1.807, 2.05) is 0 Å². The van der Waals surface area contributed by atoms with Crippen LogP contribution in [0.4, 0.5) is 0 Å². The minimum Gasteiger partial charge on any atom is -0.545 e. The molecule has 10 heteroatoms. The Morgan fingerprint density at radius 3 is 0.875 bits per heavy atom. The van der Waals surface area contributed by atoms with Gasteiger partial charge in [0.05, 0.1) is 23.9 Å². The Bertz CT molecular complexity index is 256. The van der Waals surface area contributed by atoms with Gasteiger partial charge in [-0.25, -0.2) is 0 Å². The molecule has 0 aromatic heterocycles. The Labute approximate surface area is 155 Å². The van der Waals surface area contributed by atoms with Crippen LogP contribution in [0.3, 0.4) is 0 Å². The largest absolute Gasteiger partial charge is 3.00 e. The minimum absolute atomic E-state index is 0. The predicted molar refractivity (Wildman–Crippen MR) is 29.2 cm³/mol. The molecule has 0 rings (SSSR count). The van der Waals surface area contributed by atoms with Crippen LogP contribution in [0.25, 0.3) is 0 Å². The maximum atomic E-state index is 9.41. The van der Waals surface area contributed by atoms with Crippen LogP contribution >= 0.6 is 0 Å². The van der Waals surface area contributed by atoms with Crippen LogP contribution < -0.4 is 20.4 Å². The van der Waals surface area contributed by atoms with Gasteiger partial charge in [0.25, 0.3) is 0 Å². The van der Waals surface area contributed by atoms with Crippen molar-refractivity contribution in [3.63, 3.8) is 0 Å². The average molecular weight is 491 g/mol. The number of rotatable bonds is 2. The van der Waals surface area contributed by atoms with Crippen LogP contribution in [0, 0.1) is 81.7 Å². The minimum atomic E-state index is -2.19. The summed E-state index contributed by atoms with van der Waals surface area (Å²) in [5.41, 5.74) is 0. The Hall–Kier alpha value is 0.321. The first-order chi connectivity index (χ1) is 6.27. The van der Waals surface area contributed by atoms with Gasteiger partial charge in [0.1, 0.15) is 0 Å². The summed E-state index contributed by atoms with van der Waals surface area (Å²) in [6.45, 7) is 0. The molecule has 8 nitrogen and oxygen atoms in total. The molecule has 0 aliphatic heterocycles. The average Bonchev–Trinajstić information content (AvgIpc) is 2.01. The van der Waals surface area contributed by atoms with Crippen molar-refractivity contribution in [2.75, 3.05) is 0 Å². The summed E-state index contributed by atoms with van der Waals surface area (Å²) in [4.78, 5) is 36.7. The Balaban J connectivity index is -0.0000000825. The molecule has 2 radical (unpaired) electrons. The molecule has 0 saturated carbocycles. The summed E-state index contributed by atoms with van der Waals surface area (Å²) in [7, 11) is 0. The summed E-state index contributed by atoms with van der Waals surface area (Å²) in [5, 5.41) is 36.7. The number of aliphatic carboxylic acids is 4. The van der Waals surface area contributed by atoms with E-state index in [-0.39, 0.29) is 81.7 Å². The maximum absolute atomic E-state index is 9.41. The monoisotopic (exact) mass is 486 g/mol. The second-order valence-corrected chi connectivity index (χ2v) is 1.55. The van der Waals surface area contributed by atoms with Crippen molar-refractivity contribution in [3.8, 4) is 0 Å². The molecule has 0 aromatic carbocycles. The summed E-state index contributed by atoms with van der Waals surface area (Å²) >= 11 is 0. The van der Waals surface area contributed by atoms with Crippen molar-refractivity contribution in [2.24, 2.45) is 0 Å². The van der Waals surface area contributed by atoms with Gasteiger partial charge in [-0.15, -0.1) is 0 Å². The maximum Gasteiger partial charge on any atom is 3.00 e. The molecule has 0 bridgehead atoms. The number of hydrogen-bond acceptors (Lipinski definition) is 8. The van der Waals surface area contributed by atoms with Crippen LogP contribution in [0.15, 0.2) is 12.2 Å². The number of carboxylic acid groups (broad SMARTS) is 4. The molecule has 0 atom stereocenters. The van der Waals surface area contributed by atoms with E-state index in [4.69, 9.17) is 19.8 Å². The fourth-order valence-electron chi connectivity index (χ4n) is 0.136.